The van der Waals surface area contributed by atoms with Gasteiger partial charge >= 0.3 is 6.03 Å². The number of nitrogens with one attached hydrogen (secondary N) is 2. The first-order valence-electron chi connectivity index (χ1n) is 6.18. The summed E-state index contributed by atoms with van der Waals surface area (Å²) in [6.45, 7) is 0.448. The van der Waals surface area contributed by atoms with Crippen LogP contribution < -0.4 is 10.6 Å². The van der Waals surface area contributed by atoms with Crippen molar-refractivity contribution in [3.8, 4) is 0 Å². The molecule has 3 nitrogen and oxygen atoms in total. The van der Waals surface area contributed by atoms with Gasteiger partial charge in [0.25, 0.3) is 0 Å². The summed E-state index contributed by atoms with van der Waals surface area (Å²) < 4.78 is 13.9. The lowest BCUT2D eigenvalue weighted by Crippen LogP contribution is -2.30. The van der Waals surface area contributed by atoms with Crippen LogP contribution in [0.3, 0.4) is 0 Å². The highest BCUT2D eigenvalue weighted by molar-refractivity contribution is 9.10. The number of urea groups is 1. The largest absolute Gasteiger partial charge is 0.338 e. The van der Waals surface area contributed by atoms with E-state index in [-0.39, 0.29) is 11.8 Å². The highest BCUT2D eigenvalue weighted by atomic mass is 79.9. The highest BCUT2D eigenvalue weighted by Crippen LogP contribution is 2.15. The third-order valence-electron chi connectivity index (χ3n) is 2.67. The van der Waals surface area contributed by atoms with E-state index in [1.165, 1.54) is 12.1 Å². The average molecular weight is 337 g/mol. The van der Waals surface area contributed by atoms with Gasteiger partial charge in [-0.25, -0.2) is 9.18 Å². The molecule has 0 aliphatic rings. The van der Waals surface area contributed by atoms with Crippen molar-refractivity contribution in [2.24, 2.45) is 0 Å². The van der Waals surface area contributed by atoms with Crippen molar-refractivity contribution in [3.05, 3.63) is 64.4 Å². The number of anilines is 1. The van der Waals surface area contributed by atoms with Gasteiger partial charge < -0.3 is 10.6 Å². The molecule has 0 saturated heterocycles. The normalized spacial score (nSPS) is 10.1. The van der Waals surface area contributed by atoms with Crippen molar-refractivity contribution in [2.75, 3.05) is 11.9 Å². The van der Waals surface area contributed by atoms with Gasteiger partial charge in [0.1, 0.15) is 5.82 Å². The van der Waals surface area contributed by atoms with Crippen LogP contribution in [0, 0.1) is 5.82 Å². The molecule has 2 aromatic carbocycles. The predicted molar refractivity (Wildman–Crippen MR) is 81.3 cm³/mol. The Morgan fingerprint density at radius 3 is 2.70 bits per heavy atom. The molecule has 0 bridgehead atoms. The lowest BCUT2D eigenvalue weighted by molar-refractivity contribution is 0.252. The number of hydrogen-bond acceptors (Lipinski definition) is 1. The van der Waals surface area contributed by atoms with Gasteiger partial charge in [-0.3, -0.25) is 0 Å². The van der Waals surface area contributed by atoms with E-state index in [0.29, 0.717) is 18.7 Å². The smallest absolute Gasteiger partial charge is 0.319 e. The summed E-state index contributed by atoms with van der Waals surface area (Å²) in [7, 11) is 0. The number of hydrogen-bond donors (Lipinski definition) is 2. The number of benzene rings is 2. The molecule has 2 amide bonds. The summed E-state index contributed by atoms with van der Waals surface area (Å²) in [6.07, 6.45) is 0.587. The summed E-state index contributed by atoms with van der Waals surface area (Å²) in [5.41, 5.74) is 1.57. The molecule has 0 heterocycles. The van der Waals surface area contributed by atoms with Gasteiger partial charge in [-0.15, -0.1) is 0 Å². The molecule has 0 saturated carbocycles. The molecule has 0 atom stereocenters. The van der Waals surface area contributed by atoms with E-state index >= 15 is 0 Å². The van der Waals surface area contributed by atoms with Crippen molar-refractivity contribution in [1.82, 2.24) is 5.32 Å². The topological polar surface area (TPSA) is 41.1 Å². The maximum Gasteiger partial charge on any atom is 0.319 e. The van der Waals surface area contributed by atoms with Gasteiger partial charge in [0, 0.05) is 16.7 Å². The third kappa shape index (κ3) is 4.66. The fourth-order valence-electron chi connectivity index (χ4n) is 1.75. The first kappa shape index (κ1) is 14.5. The van der Waals surface area contributed by atoms with Crippen molar-refractivity contribution in [3.63, 3.8) is 0 Å². The Labute approximate surface area is 125 Å². The zero-order valence-electron chi connectivity index (χ0n) is 10.7. The molecule has 2 aromatic rings. The second kappa shape index (κ2) is 7.05. The van der Waals surface area contributed by atoms with E-state index in [9.17, 15) is 9.18 Å². The zero-order valence-corrected chi connectivity index (χ0v) is 12.3. The van der Waals surface area contributed by atoms with Crippen molar-refractivity contribution in [2.45, 2.75) is 6.42 Å². The van der Waals surface area contributed by atoms with Crippen LogP contribution in [0.15, 0.2) is 53.0 Å². The summed E-state index contributed by atoms with van der Waals surface area (Å²) in [6, 6.07) is 13.4. The predicted octanol–water partition coefficient (Wildman–Crippen LogP) is 3.95. The molecule has 5 heteroatoms. The standard InChI is InChI=1S/C15H14BrFN2O/c16-12-4-2-6-14(10-12)19-15(20)18-8-7-11-3-1-5-13(17)9-11/h1-6,9-10H,7-8H2,(H2,18,19,20). The number of carbonyl (C=O) groups is 1. The Morgan fingerprint density at radius 2 is 1.95 bits per heavy atom. The van der Waals surface area contributed by atoms with E-state index in [1.54, 1.807) is 12.1 Å². The Balaban J connectivity index is 1.78. The van der Waals surface area contributed by atoms with E-state index in [4.69, 9.17) is 0 Å². The van der Waals surface area contributed by atoms with Crippen LogP contribution in [-0.2, 0) is 6.42 Å². The van der Waals surface area contributed by atoms with Crippen LogP contribution in [0.5, 0.6) is 0 Å². The molecule has 0 aliphatic carbocycles. The molecule has 2 N–H and O–H groups in total. The molecule has 2 rings (SSSR count). The van der Waals surface area contributed by atoms with Crippen LogP contribution in [0.2, 0.25) is 0 Å². The van der Waals surface area contributed by atoms with E-state index in [0.717, 1.165) is 10.0 Å². The lowest BCUT2D eigenvalue weighted by atomic mass is 10.1. The summed E-state index contributed by atoms with van der Waals surface area (Å²) in [4.78, 5) is 11.7. The minimum atomic E-state index is -0.278. The highest BCUT2D eigenvalue weighted by Gasteiger charge is 2.02. The molecule has 0 radical (unpaired) electrons. The molecule has 20 heavy (non-hydrogen) atoms. The maximum absolute atomic E-state index is 13.0. The fraction of sp³-hybridized carbons (Fsp3) is 0.133. The number of carbonyl (C=O) groups excluding carboxylic acids is 1. The number of amides is 2. The third-order valence-corrected chi connectivity index (χ3v) is 3.16. The minimum Gasteiger partial charge on any atom is -0.338 e. The lowest BCUT2D eigenvalue weighted by Gasteiger charge is -2.08. The van der Waals surface area contributed by atoms with E-state index in [2.05, 4.69) is 26.6 Å². The van der Waals surface area contributed by atoms with Gasteiger partial charge in [-0.05, 0) is 42.3 Å². The Morgan fingerprint density at radius 1 is 1.15 bits per heavy atom. The van der Waals surface area contributed by atoms with Crippen molar-refractivity contribution >= 4 is 27.6 Å². The van der Waals surface area contributed by atoms with E-state index in [1.807, 2.05) is 24.3 Å². The summed E-state index contributed by atoms with van der Waals surface area (Å²) in [5, 5.41) is 5.46. The van der Waals surface area contributed by atoms with Crippen LogP contribution in [0.4, 0.5) is 14.9 Å². The van der Waals surface area contributed by atoms with Crippen LogP contribution >= 0.6 is 15.9 Å². The monoisotopic (exact) mass is 336 g/mol. The van der Waals surface area contributed by atoms with Gasteiger partial charge in [-0.2, -0.15) is 0 Å². The minimum absolute atomic E-state index is 0.263. The van der Waals surface area contributed by atoms with Gasteiger partial charge in [0.2, 0.25) is 0 Å². The number of rotatable bonds is 4. The molecule has 104 valence electrons. The SMILES string of the molecule is O=C(NCCc1cccc(F)c1)Nc1cccc(Br)c1. The van der Waals surface area contributed by atoms with Crippen molar-refractivity contribution in [1.29, 1.82) is 0 Å². The Hall–Kier alpha value is -1.88. The van der Waals surface area contributed by atoms with Gasteiger partial charge in [0.15, 0.2) is 0 Å². The Kier molecular flexibility index (Phi) is 5.12. The first-order chi connectivity index (χ1) is 9.63. The number of halogens is 2. The second-order valence-electron chi connectivity index (χ2n) is 4.27. The molecular formula is C15H14BrFN2O. The van der Waals surface area contributed by atoms with Crippen LogP contribution in [0.25, 0.3) is 0 Å². The first-order valence-corrected chi connectivity index (χ1v) is 6.97. The van der Waals surface area contributed by atoms with E-state index < -0.39 is 0 Å². The Bertz CT molecular complexity index is 604. The summed E-state index contributed by atoms with van der Waals surface area (Å²) in [5.74, 6) is -0.263. The zero-order chi connectivity index (χ0) is 14.4. The molecule has 0 fully saturated rings. The second-order valence-corrected chi connectivity index (χ2v) is 5.19. The van der Waals surface area contributed by atoms with Crippen LogP contribution in [-0.4, -0.2) is 12.6 Å². The molecular weight excluding hydrogens is 323 g/mol. The van der Waals surface area contributed by atoms with Crippen LogP contribution in [0.1, 0.15) is 5.56 Å². The summed E-state index contributed by atoms with van der Waals surface area (Å²) >= 11 is 3.33. The molecule has 0 unspecified atom stereocenters. The fourth-order valence-corrected chi connectivity index (χ4v) is 2.15. The average Bonchev–Trinajstić information content (AvgIpc) is 2.38. The maximum atomic E-state index is 13.0. The molecule has 0 spiro atoms. The van der Waals surface area contributed by atoms with Gasteiger partial charge in [0.05, 0.1) is 0 Å². The van der Waals surface area contributed by atoms with Gasteiger partial charge in [-0.1, -0.05) is 34.1 Å². The molecule has 0 aromatic heterocycles. The van der Waals surface area contributed by atoms with Crippen molar-refractivity contribution < 1.29 is 9.18 Å². The quantitative estimate of drug-likeness (QED) is 0.871. The molecule has 0 aliphatic heterocycles.